The molecule has 0 radical (unpaired) electrons. The van der Waals surface area contributed by atoms with Gasteiger partial charge in [-0.25, -0.2) is 4.79 Å². The maximum Gasteiger partial charge on any atom is 0.330 e. The van der Waals surface area contributed by atoms with Gasteiger partial charge in [0.2, 0.25) is 0 Å². The fourth-order valence-electron chi connectivity index (χ4n) is 2.10. The lowest BCUT2D eigenvalue weighted by Gasteiger charge is -2.30. The van der Waals surface area contributed by atoms with Crippen LogP contribution in [0.3, 0.4) is 0 Å². The third-order valence-corrected chi connectivity index (χ3v) is 4.16. The van der Waals surface area contributed by atoms with E-state index in [4.69, 9.17) is 27.9 Å². The number of ether oxygens (including phenoxy) is 1. The van der Waals surface area contributed by atoms with Crippen LogP contribution in [0, 0.1) is 5.92 Å². The molecule has 5 heteroatoms. The van der Waals surface area contributed by atoms with E-state index >= 15 is 0 Å². The van der Waals surface area contributed by atoms with Gasteiger partial charge in [0.05, 0.1) is 6.61 Å². The van der Waals surface area contributed by atoms with Crippen molar-refractivity contribution in [1.82, 2.24) is 5.32 Å². The smallest absolute Gasteiger partial charge is 0.330 e. The van der Waals surface area contributed by atoms with Crippen molar-refractivity contribution in [2.45, 2.75) is 32.2 Å². The van der Waals surface area contributed by atoms with E-state index in [-0.39, 0.29) is 5.97 Å². The number of benzene rings is 1. The molecule has 20 heavy (non-hydrogen) atoms. The molecule has 0 aromatic heterocycles. The molecule has 0 spiro atoms. The van der Waals surface area contributed by atoms with E-state index in [0.29, 0.717) is 28.1 Å². The maximum absolute atomic E-state index is 12.4. The maximum atomic E-state index is 12.4. The van der Waals surface area contributed by atoms with Gasteiger partial charge in [0.15, 0.2) is 0 Å². The number of rotatable bonds is 6. The largest absolute Gasteiger partial charge is 0.464 e. The number of carbonyl (C=O) groups is 1. The van der Waals surface area contributed by atoms with Crippen LogP contribution >= 0.6 is 23.2 Å². The second kappa shape index (κ2) is 6.33. The third kappa shape index (κ3) is 3.46. The minimum atomic E-state index is -0.972. The van der Waals surface area contributed by atoms with Crippen LogP contribution in [0.15, 0.2) is 18.2 Å². The van der Waals surface area contributed by atoms with Gasteiger partial charge in [-0.05, 0) is 57.4 Å². The summed E-state index contributed by atoms with van der Waals surface area (Å²) < 4.78 is 5.21. The van der Waals surface area contributed by atoms with Crippen LogP contribution in [0.25, 0.3) is 0 Å². The summed E-state index contributed by atoms with van der Waals surface area (Å²) >= 11 is 12.3. The average Bonchev–Trinajstić information content (AvgIpc) is 3.23. The number of carbonyl (C=O) groups excluding carboxylic acids is 1. The summed E-state index contributed by atoms with van der Waals surface area (Å²) in [5, 5.41) is 4.37. The highest BCUT2D eigenvalue weighted by Crippen LogP contribution is 2.34. The number of nitrogens with one attached hydrogen (secondary N) is 1. The Balaban J connectivity index is 2.32. The molecule has 1 N–H and O–H groups in total. The lowest BCUT2D eigenvalue weighted by molar-refractivity contribution is -0.151. The van der Waals surface area contributed by atoms with Crippen LogP contribution in [-0.4, -0.2) is 19.1 Å². The quantitative estimate of drug-likeness (QED) is 0.812. The highest BCUT2D eigenvalue weighted by molar-refractivity contribution is 6.33. The number of hydrogen-bond acceptors (Lipinski definition) is 3. The Labute approximate surface area is 129 Å². The summed E-state index contributed by atoms with van der Waals surface area (Å²) in [7, 11) is 0. The molecule has 2 rings (SSSR count). The predicted octanol–water partition coefficient (Wildman–Crippen LogP) is 3.77. The number of hydrogen-bond donors (Lipinski definition) is 1. The van der Waals surface area contributed by atoms with Crippen LogP contribution in [0.2, 0.25) is 10.0 Å². The SMILES string of the molecule is CCOC(=O)C(C)(NCC1CC1)c1cc(Cl)ccc1Cl. The van der Waals surface area contributed by atoms with Gasteiger partial charge in [-0.2, -0.15) is 0 Å². The van der Waals surface area contributed by atoms with Crippen molar-refractivity contribution in [3.05, 3.63) is 33.8 Å². The minimum Gasteiger partial charge on any atom is -0.464 e. The van der Waals surface area contributed by atoms with Crippen LogP contribution in [0.4, 0.5) is 0 Å². The van der Waals surface area contributed by atoms with Crippen molar-refractivity contribution < 1.29 is 9.53 Å². The zero-order valence-electron chi connectivity index (χ0n) is 11.7. The van der Waals surface area contributed by atoms with Crippen LogP contribution < -0.4 is 5.32 Å². The van der Waals surface area contributed by atoms with Crippen molar-refractivity contribution in [3.63, 3.8) is 0 Å². The molecule has 0 aliphatic heterocycles. The lowest BCUT2D eigenvalue weighted by atomic mass is 9.91. The molecule has 1 aromatic carbocycles. The summed E-state index contributed by atoms with van der Waals surface area (Å²) in [5.74, 6) is 0.312. The normalized spacial score (nSPS) is 17.6. The van der Waals surface area contributed by atoms with Gasteiger partial charge >= 0.3 is 5.97 Å². The molecular weight excluding hydrogens is 297 g/mol. The molecule has 0 heterocycles. The molecular formula is C15H19Cl2NO2. The van der Waals surface area contributed by atoms with E-state index in [1.54, 1.807) is 32.0 Å². The zero-order valence-corrected chi connectivity index (χ0v) is 13.2. The first-order chi connectivity index (χ1) is 9.47. The molecule has 1 unspecified atom stereocenters. The second-order valence-corrected chi connectivity index (χ2v) is 6.14. The number of halogens is 2. The fraction of sp³-hybridized carbons (Fsp3) is 0.533. The Morgan fingerprint density at radius 3 is 2.75 bits per heavy atom. The van der Waals surface area contributed by atoms with E-state index < -0.39 is 5.54 Å². The summed E-state index contributed by atoms with van der Waals surface area (Å²) in [5.41, 5.74) is -0.314. The molecule has 1 saturated carbocycles. The summed E-state index contributed by atoms with van der Waals surface area (Å²) in [6.45, 7) is 4.69. The average molecular weight is 316 g/mol. The van der Waals surface area contributed by atoms with Crippen molar-refractivity contribution in [1.29, 1.82) is 0 Å². The molecule has 1 fully saturated rings. The van der Waals surface area contributed by atoms with Gasteiger partial charge in [-0.1, -0.05) is 23.2 Å². The van der Waals surface area contributed by atoms with Gasteiger partial charge < -0.3 is 4.74 Å². The van der Waals surface area contributed by atoms with Gasteiger partial charge in [0, 0.05) is 15.6 Å². The second-order valence-electron chi connectivity index (χ2n) is 5.29. The van der Waals surface area contributed by atoms with Crippen LogP contribution in [-0.2, 0) is 15.1 Å². The van der Waals surface area contributed by atoms with Crippen LogP contribution in [0.1, 0.15) is 32.3 Å². The molecule has 1 aromatic rings. The Morgan fingerprint density at radius 2 is 2.15 bits per heavy atom. The minimum absolute atomic E-state index is 0.329. The summed E-state index contributed by atoms with van der Waals surface area (Å²) in [6.07, 6.45) is 2.41. The van der Waals surface area contributed by atoms with Crippen molar-refractivity contribution in [2.24, 2.45) is 5.92 Å². The fourth-order valence-corrected chi connectivity index (χ4v) is 2.58. The molecule has 1 aliphatic rings. The zero-order chi connectivity index (χ0) is 14.8. The Morgan fingerprint density at radius 1 is 1.45 bits per heavy atom. The molecule has 0 amide bonds. The number of esters is 1. The highest BCUT2D eigenvalue weighted by atomic mass is 35.5. The Kier molecular flexibility index (Phi) is 4.95. The Bertz CT molecular complexity index is 503. The van der Waals surface area contributed by atoms with Crippen molar-refractivity contribution in [3.8, 4) is 0 Å². The molecule has 3 nitrogen and oxygen atoms in total. The van der Waals surface area contributed by atoms with E-state index in [1.165, 1.54) is 12.8 Å². The molecule has 0 bridgehead atoms. The molecule has 1 atom stereocenters. The van der Waals surface area contributed by atoms with Gasteiger partial charge in [0.1, 0.15) is 5.54 Å². The van der Waals surface area contributed by atoms with Crippen LogP contribution in [0.5, 0.6) is 0 Å². The Hall–Kier alpha value is -0.770. The van der Waals surface area contributed by atoms with E-state index in [0.717, 1.165) is 6.54 Å². The topological polar surface area (TPSA) is 38.3 Å². The third-order valence-electron chi connectivity index (χ3n) is 3.59. The first-order valence-corrected chi connectivity index (χ1v) is 7.60. The first kappa shape index (κ1) is 15.6. The summed E-state index contributed by atoms with van der Waals surface area (Å²) in [4.78, 5) is 12.4. The lowest BCUT2D eigenvalue weighted by Crippen LogP contribution is -2.48. The molecule has 1 aliphatic carbocycles. The predicted molar refractivity (Wildman–Crippen MR) is 81.2 cm³/mol. The van der Waals surface area contributed by atoms with Gasteiger partial charge in [0.25, 0.3) is 0 Å². The van der Waals surface area contributed by atoms with Crippen molar-refractivity contribution in [2.75, 3.05) is 13.2 Å². The standard InChI is InChI=1S/C15H19Cl2NO2/c1-3-20-14(19)15(2,18-9-10-4-5-10)12-8-11(16)6-7-13(12)17/h6-8,10,18H,3-5,9H2,1-2H3. The van der Waals surface area contributed by atoms with Crippen molar-refractivity contribution >= 4 is 29.2 Å². The van der Waals surface area contributed by atoms with Gasteiger partial charge in [-0.15, -0.1) is 0 Å². The van der Waals surface area contributed by atoms with E-state index in [9.17, 15) is 4.79 Å². The highest BCUT2D eigenvalue weighted by Gasteiger charge is 2.39. The van der Waals surface area contributed by atoms with E-state index in [2.05, 4.69) is 5.32 Å². The molecule has 110 valence electrons. The first-order valence-electron chi connectivity index (χ1n) is 6.85. The van der Waals surface area contributed by atoms with Gasteiger partial charge in [-0.3, -0.25) is 5.32 Å². The molecule has 0 saturated heterocycles. The van der Waals surface area contributed by atoms with E-state index in [1.807, 2.05) is 0 Å². The monoisotopic (exact) mass is 315 g/mol. The summed E-state index contributed by atoms with van der Waals surface area (Å²) in [6, 6.07) is 5.13.